The number of carbonyl (C=O) groups excluding carboxylic acids is 1. The molecule has 7 nitrogen and oxygen atoms in total. The van der Waals surface area contributed by atoms with E-state index < -0.39 is 0 Å². The van der Waals surface area contributed by atoms with E-state index >= 15 is 0 Å². The highest BCUT2D eigenvalue weighted by Gasteiger charge is 2.22. The summed E-state index contributed by atoms with van der Waals surface area (Å²) in [5, 5.41) is 25.7. The summed E-state index contributed by atoms with van der Waals surface area (Å²) in [4.78, 5) is 12.8. The lowest BCUT2D eigenvalue weighted by atomic mass is 9.87. The lowest BCUT2D eigenvalue weighted by Crippen LogP contribution is -2.17. The quantitative estimate of drug-likeness (QED) is 0.131. The van der Waals surface area contributed by atoms with Gasteiger partial charge in [-0.15, -0.1) is 10.2 Å². The highest BCUT2D eigenvalue weighted by Crippen LogP contribution is 2.36. The van der Waals surface area contributed by atoms with Gasteiger partial charge in [-0.05, 0) is 36.2 Å². The number of nitrogens with one attached hydrogen (secondary N) is 1. The summed E-state index contributed by atoms with van der Waals surface area (Å²) in [6.07, 6.45) is 6.25. The lowest BCUT2D eigenvalue weighted by Gasteiger charge is -2.16. The van der Waals surface area contributed by atoms with Crippen LogP contribution in [0.5, 0.6) is 0 Å². The molecule has 0 saturated heterocycles. The number of ketones is 1. The minimum Gasteiger partial charge on any atom is -0.293 e. The number of fused-ring (bicyclic) bond motifs is 3. The summed E-state index contributed by atoms with van der Waals surface area (Å²) < 4.78 is 0. The molecule has 1 aliphatic carbocycles. The second kappa shape index (κ2) is 11.2. The van der Waals surface area contributed by atoms with Crippen molar-refractivity contribution in [3.8, 4) is 0 Å². The molecule has 1 unspecified atom stereocenters. The first-order valence-electron chi connectivity index (χ1n) is 13.1. The largest absolute Gasteiger partial charge is 0.293 e. The van der Waals surface area contributed by atoms with Crippen LogP contribution in [0.2, 0.25) is 0 Å². The van der Waals surface area contributed by atoms with Gasteiger partial charge < -0.3 is 0 Å². The molecule has 194 valence electrons. The fourth-order valence-electron chi connectivity index (χ4n) is 4.98. The Labute approximate surface area is 231 Å². The van der Waals surface area contributed by atoms with Gasteiger partial charge in [-0.1, -0.05) is 84.9 Å². The van der Waals surface area contributed by atoms with Crippen molar-refractivity contribution < 1.29 is 4.79 Å². The predicted molar refractivity (Wildman–Crippen MR) is 163 cm³/mol. The SMILES string of the molecule is C/N=N/c1ccc(/N=N/c2cccc3c(N/N=C\CC4C=Cc5ccccc5C4=O)cccc23)c2ccccc12. The highest BCUT2D eigenvalue weighted by molar-refractivity contribution is 6.05. The molecular formula is C33H26N6O. The van der Waals surface area contributed by atoms with Crippen molar-refractivity contribution in [2.24, 2.45) is 31.5 Å². The van der Waals surface area contributed by atoms with Crippen molar-refractivity contribution in [1.82, 2.24) is 0 Å². The minimum atomic E-state index is -0.213. The zero-order valence-electron chi connectivity index (χ0n) is 21.9. The number of allylic oxidation sites excluding steroid dienone is 1. The maximum absolute atomic E-state index is 12.8. The molecule has 5 aromatic carbocycles. The Bertz CT molecular complexity index is 1850. The van der Waals surface area contributed by atoms with E-state index in [-0.39, 0.29) is 11.7 Å². The van der Waals surface area contributed by atoms with Crippen LogP contribution in [0.3, 0.4) is 0 Å². The fraction of sp³-hybridized carbons (Fsp3) is 0.0909. The van der Waals surface area contributed by atoms with Crippen LogP contribution in [-0.2, 0) is 0 Å². The van der Waals surface area contributed by atoms with Gasteiger partial charge in [0.1, 0.15) is 0 Å². The molecule has 1 N–H and O–H groups in total. The molecule has 0 heterocycles. The second-order valence-corrected chi connectivity index (χ2v) is 9.40. The van der Waals surface area contributed by atoms with Gasteiger partial charge in [0.15, 0.2) is 5.78 Å². The standard InChI is InChI=1S/C33H26N6O/c1-34-36-31-18-19-32(26-11-5-4-10-25(26)31)39-38-30-15-7-12-27-28(30)13-6-14-29(27)37-35-21-20-23-17-16-22-8-2-3-9-24(22)33(23)40/h2-19,21,23,37H,20H2,1H3/b35-21-,36-34+,39-38+. The van der Waals surface area contributed by atoms with Crippen molar-refractivity contribution in [2.45, 2.75) is 6.42 Å². The number of hydrogen-bond donors (Lipinski definition) is 1. The van der Waals surface area contributed by atoms with E-state index in [0.717, 1.165) is 55.4 Å². The zero-order chi connectivity index (χ0) is 27.3. The molecule has 6 rings (SSSR count). The molecule has 0 aliphatic heterocycles. The van der Waals surface area contributed by atoms with Crippen LogP contribution < -0.4 is 5.43 Å². The second-order valence-electron chi connectivity index (χ2n) is 9.40. The van der Waals surface area contributed by atoms with Gasteiger partial charge in [0, 0.05) is 46.3 Å². The number of Topliss-reactive ketones (excluding diaryl/α,β-unsaturated/α-hetero) is 1. The summed E-state index contributed by atoms with van der Waals surface area (Å²) in [5.74, 6) is -0.0861. The molecular weight excluding hydrogens is 496 g/mol. The van der Waals surface area contributed by atoms with E-state index in [0.29, 0.717) is 6.42 Å². The van der Waals surface area contributed by atoms with Gasteiger partial charge in [-0.3, -0.25) is 10.2 Å². The first-order valence-corrected chi connectivity index (χ1v) is 13.1. The summed E-state index contributed by atoms with van der Waals surface area (Å²) in [7, 11) is 1.66. The van der Waals surface area contributed by atoms with Gasteiger partial charge in [-0.25, -0.2) is 0 Å². The maximum atomic E-state index is 12.8. The lowest BCUT2D eigenvalue weighted by molar-refractivity contribution is 0.0947. The predicted octanol–water partition coefficient (Wildman–Crippen LogP) is 9.44. The molecule has 0 amide bonds. The molecule has 0 fully saturated rings. The number of azo groups is 2. The normalized spacial score (nSPS) is 15.1. The Morgan fingerprint density at radius 2 is 1.32 bits per heavy atom. The Morgan fingerprint density at radius 3 is 2.12 bits per heavy atom. The van der Waals surface area contributed by atoms with E-state index in [2.05, 4.69) is 31.0 Å². The van der Waals surface area contributed by atoms with Crippen molar-refractivity contribution in [2.75, 3.05) is 12.5 Å². The van der Waals surface area contributed by atoms with Crippen LogP contribution in [0, 0.1) is 5.92 Å². The molecule has 1 aliphatic rings. The average molecular weight is 523 g/mol. The molecule has 1 atom stereocenters. The molecule has 0 aromatic heterocycles. The molecule has 0 bridgehead atoms. The summed E-state index contributed by atoms with van der Waals surface area (Å²) in [5.41, 5.74) is 8.04. The molecule has 5 aromatic rings. The van der Waals surface area contributed by atoms with Crippen LogP contribution in [0.4, 0.5) is 22.7 Å². The van der Waals surface area contributed by atoms with Gasteiger partial charge in [0.25, 0.3) is 0 Å². The van der Waals surface area contributed by atoms with E-state index in [1.165, 1.54) is 0 Å². The highest BCUT2D eigenvalue weighted by atomic mass is 16.1. The Kier molecular flexibility index (Phi) is 7.01. The van der Waals surface area contributed by atoms with E-state index in [1.807, 2.05) is 109 Å². The number of carbonyl (C=O) groups is 1. The van der Waals surface area contributed by atoms with Crippen molar-refractivity contribution >= 4 is 62.4 Å². The minimum absolute atomic E-state index is 0.127. The molecule has 40 heavy (non-hydrogen) atoms. The number of benzene rings is 5. The number of nitrogens with zero attached hydrogens (tertiary/aromatic N) is 5. The fourth-order valence-corrected chi connectivity index (χ4v) is 4.98. The smallest absolute Gasteiger partial charge is 0.170 e. The van der Waals surface area contributed by atoms with Gasteiger partial charge >= 0.3 is 0 Å². The van der Waals surface area contributed by atoms with Crippen molar-refractivity contribution in [3.63, 3.8) is 0 Å². The first-order chi connectivity index (χ1) is 19.7. The third kappa shape index (κ3) is 4.92. The van der Waals surface area contributed by atoms with Gasteiger partial charge in [0.05, 0.1) is 22.7 Å². The summed E-state index contributed by atoms with van der Waals surface area (Å²) >= 11 is 0. The average Bonchev–Trinajstić information content (AvgIpc) is 3.00. The van der Waals surface area contributed by atoms with Crippen LogP contribution >= 0.6 is 0 Å². The number of anilines is 1. The van der Waals surface area contributed by atoms with Crippen LogP contribution in [0.25, 0.3) is 27.6 Å². The first kappa shape index (κ1) is 25.0. The maximum Gasteiger partial charge on any atom is 0.170 e. The third-order valence-corrected chi connectivity index (χ3v) is 6.96. The van der Waals surface area contributed by atoms with Crippen LogP contribution in [-0.4, -0.2) is 19.0 Å². The topological polar surface area (TPSA) is 90.9 Å². The third-order valence-electron chi connectivity index (χ3n) is 6.96. The monoisotopic (exact) mass is 522 g/mol. The summed E-state index contributed by atoms with van der Waals surface area (Å²) in [6.45, 7) is 0. The molecule has 0 spiro atoms. The number of rotatable bonds is 7. The number of hydrogen-bond acceptors (Lipinski definition) is 7. The molecule has 0 saturated carbocycles. The van der Waals surface area contributed by atoms with E-state index in [9.17, 15) is 4.79 Å². The molecule has 7 heteroatoms. The Morgan fingerprint density at radius 1 is 0.700 bits per heavy atom. The van der Waals surface area contributed by atoms with Gasteiger partial charge in [0.2, 0.25) is 0 Å². The molecule has 0 radical (unpaired) electrons. The van der Waals surface area contributed by atoms with E-state index in [1.54, 1.807) is 13.3 Å². The van der Waals surface area contributed by atoms with Crippen molar-refractivity contribution in [1.29, 1.82) is 0 Å². The Balaban J connectivity index is 1.22. The van der Waals surface area contributed by atoms with E-state index in [4.69, 9.17) is 0 Å². The number of hydrazone groups is 1. The Hall–Kier alpha value is -5.30. The summed E-state index contributed by atoms with van der Waals surface area (Å²) in [6, 6.07) is 31.3. The van der Waals surface area contributed by atoms with Crippen LogP contribution in [0.1, 0.15) is 22.3 Å². The van der Waals surface area contributed by atoms with Crippen LogP contribution in [0.15, 0.2) is 129 Å². The van der Waals surface area contributed by atoms with Gasteiger partial charge in [-0.2, -0.15) is 15.3 Å². The van der Waals surface area contributed by atoms with Crippen molar-refractivity contribution in [3.05, 3.63) is 114 Å². The zero-order valence-corrected chi connectivity index (χ0v) is 21.9.